The summed E-state index contributed by atoms with van der Waals surface area (Å²) in [5, 5.41) is 0. The second-order valence-electron chi connectivity index (χ2n) is 5.55. The van der Waals surface area contributed by atoms with Crippen LogP contribution in [0.5, 0.6) is 17.2 Å². The van der Waals surface area contributed by atoms with Crippen molar-refractivity contribution in [3.05, 3.63) is 17.4 Å². The topological polar surface area (TPSA) is 53.7 Å². The molecule has 20 heavy (non-hydrogen) atoms. The number of halogens is 1. The van der Waals surface area contributed by atoms with Crippen molar-refractivity contribution >= 4 is 0 Å². The molecule has 1 fully saturated rings. The first-order chi connectivity index (χ1) is 9.72. The molecule has 0 bridgehead atoms. The summed E-state index contributed by atoms with van der Waals surface area (Å²) in [5.74, 6) is 0.902. The molecule has 1 heterocycles. The van der Waals surface area contributed by atoms with Crippen molar-refractivity contribution in [1.82, 2.24) is 0 Å². The lowest BCUT2D eigenvalue weighted by molar-refractivity contribution is 0.170. The quantitative estimate of drug-likeness (QED) is 0.925. The van der Waals surface area contributed by atoms with E-state index >= 15 is 0 Å². The molecule has 1 aromatic carbocycles. The highest BCUT2D eigenvalue weighted by molar-refractivity contribution is 5.57. The number of hydrogen-bond donors (Lipinski definition) is 1. The summed E-state index contributed by atoms with van der Waals surface area (Å²) in [6.07, 6.45) is 5.05. The normalized spacial score (nSPS) is 19.9. The fourth-order valence-corrected chi connectivity index (χ4v) is 3.40. The van der Waals surface area contributed by atoms with Gasteiger partial charge in [-0.05, 0) is 12.8 Å². The molecule has 0 spiro atoms. The molecule has 0 atom stereocenters. The zero-order chi connectivity index (χ0) is 14.2. The van der Waals surface area contributed by atoms with Crippen LogP contribution in [-0.2, 0) is 5.41 Å². The van der Waals surface area contributed by atoms with Crippen molar-refractivity contribution in [2.45, 2.75) is 37.5 Å². The molecule has 1 saturated carbocycles. The maximum absolute atomic E-state index is 14.8. The van der Waals surface area contributed by atoms with Gasteiger partial charge in [-0.25, -0.2) is 4.39 Å². The molecule has 1 aliphatic heterocycles. The van der Waals surface area contributed by atoms with E-state index in [4.69, 9.17) is 19.9 Å². The number of nitrogens with two attached hydrogens (primary N) is 1. The summed E-state index contributed by atoms with van der Waals surface area (Å²) in [4.78, 5) is 0. The number of benzene rings is 1. The van der Waals surface area contributed by atoms with Crippen molar-refractivity contribution in [3.8, 4) is 17.2 Å². The zero-order valence-electron chi connectivity index (χ0n) is 11.7. The monoisotopic (exact) mass is 281 g/mol. The van der Waals surface area contributed by atoms with Gasteiger partial charge in [0.1, 0.15) is 0 Å². The number of hydrogen-bond acceptors (Lipinski definition) is 4. The fraction of sp³-hybridized carbons (Fsp3) is 0.600. The minimum Gasteiger partial charge on any atom is -0.494 e. The lowest BCUT2D eigenvalue weighted by Gasteiger charge is -2.37. The van der Waals surface area contributed by atoms with Gasteiger partial charge in [-0.15, -0.1) is 0 Å². The average Bonchev–Trinajstić information content (AvgIpc) is 2.95. The van der Waals surface area contributed by atoms with E-state index in [2.05, 4.69) is 0 Å². The zero-order valence-corrected chi connectivity index (χ0v) is 11.7. The standard InChI is InChI=1S/C15H20FNO3/c1-18-10-7-11-14(20-9-19-11)12(13(10)16)15(8-17)5-3-2-4-6-15/h7H,2-6,8-9,17H2,1H3. The van der Waals surface area contributed by atoms with Crippen LogP contribution in [0.4, 0.5) is 4.39 Å². The summed E-state index contributed by atoms with van der Waals surface area (Å²) in [5.41, 5.74) is 6.20. The van der Waals surface area contributed by atoms with Gasteiger partial charge < -0.3 is 19.9 Å². The summed E-state index contributed by atoms with van der Waals surface area (Å²) >= 11 is 0. The number of fused-ring (bicyclic) bond motifs is 1. The second-order valence-corrected chi connectivity index (χ2v) is 5.55. The molecule has 0 aromatic heterocycles. The maximum atomic E-state index is 14.8. The number of methoxy groups -OCH3 is 1. The molecule has 1 aromatic rings. The van der Waals surface area contributed by atoms with E-state index in [9.17, 15) is 4.39 Å². The van der Waals surface area contributed by atoms with E-state index in [-0.39, 0.29) is 23.8 Å². The Kier molecular flexibility index (Phi) is 3.46. The Morgan fingerprint density at radius 2 is 2.05 bits per heavy atom. The minimum atomic E-state index is -0.366. The fourth-order valence-electron chi connectivity index (χ4n) is 3.40. The van der Waals surface area contributed by atoms with Crippen molar-refractivity contribution in [2.75, 3.05) is 20.4 Å². The summed E-state index contributed by atoms with van der Waals surface area (Å²) in [7, 11) is 1.46. The van der Waals surface area contributed by atoms with Crippen LogP contribution in [0.25, 0.3) is 0 Å². The minimum absolute atomic E-state index is 0.121. The SMILES string of the molecule is COc1cc2c(c(C3(CN)CCCCC3)c1F)OCO2. The van der Waals surface area contributed by atoms with Crippen LogP contribution in [-0.4, -0.2) is 20.4 Å². The molecule has 4 nitrogen and oxygen atoms in total. The smallest absolute Gasteiger partial charge is 0.231 e. The second kappa shape index (κ2) is 5.13. The number of rotatable bonds is 3. The Hall–Kier alpha value is -1.49. The third kappa shape index (κ3) is 1.92. The van der Waals surface area contributed by atoms with E-state index in [1.807, 2.05) is 0 Å². The van der Waals surface area contributed by atoms with Gasteiger partial charge in [-0.1, -0.05) is 19.3 Å². The van der Waals surface area contributed by atoms with E-state index in [0.717, 1.165) is 25.7 Å². The Morgan fingerprint density at radius 3 is 2.70 bits per heavy atom. The highest BCUT2D eigenvalue weighted by Crippen LogP contribution is 2.51. The van der Waals surface area contributed by atoms with Gasteiger partial charge in [0.15, 0.2) is 23.1 Å². The molecule has 0 saturated heterocycles. The molecular weight excluding hydrogens is 261 g/mol. The van der Waals surface area contributed by atoms with Crippen LogP contribution in [0, 0.1) is 5.82 Å². The van der Waals surface area contributed by atoms with Gasteiger partial charge in [0, 0.05) is 23.6 Å². The van der Waals surface area contributed by atoms with Crippen LogP contribution in [0.3, 0.4) is 0 Å². The Morgan fingerprint density at radius 1 is 1.30 bits per heavy atom. The van der Waals surface area contributed by atoms with E-state index < -0.39 is 0 Å². The molecule has 1 aliphatic carbocycles. The van der Waals surface area contributed by atoms with Crippen LogP contribution in [0.2, 0.25) is 0 Å². The van der Waals surface area contributed by atoms with Crippen LogP contribution in [0.15, 0.2) is 6.07 Å². The highest BCUT2D eigenvalue weighted by Gasteiger charge is 2.41. The molecule has 0 amide bonds. The van der Waals surface area contributed by atoms with Gasteiger partial charge in [-0.3, -0.25) is 0 Å². The molecule has 110 valence electrons. The maximum Gasteiger partial charge on any atom is 0.231 e. The Balaban J connectivity index is 2.18. The van der Waals surface area contributed by atoms with E-state index in [1.165, 1.54) is 13.5 Å². The Labute approximate surface area is 118 Å². The van der Waals surface area contributed by atoms with Crippen LogP contribution < -0.4 is 19.9 Å². The van der Waals surface area contributed by atoms with Crippen molar-refractivity contribution < 1.29 is 18.6 Å². The van der Waals surface area contributed by atoms with Gasteiger partial charge in [-0.2, -0.15) is 0 Å². The van der Waals surface area contributed by atoms with Crippen molar-refractivity contribution in [3.63, 3.8) is 0 Å². The van der Waals surface area contributed by atoms with Gasteiger partial charge in [0.2, 0.25) is 6.79 Å². The van der Waals surface area contributed by atoms with Crippen molar-refractivity contribution in [2.24, 2.45) is 5.73 Å². The largest absolute Gasteiger partial charge is 0.494 e. The van der Waals surface area contributed by atoms with Crippen molar-refractivity contribution in [1.29, 1.82) is 0 Å². The van der Waals surface area contributed by atoms with Crippen LogP contribution >= 0.6 is 0 Å². The molecule has 2 aliphatic rings. The molecule has 0 unspecified atom stereocenters. The van der Waals surface area contributed by atoms with Crippen LogP contribution in [0.1, 0.15) is 37.7 Å². The van der Waals surface area contributed by atoms with E-state index in [1.54, 1.807) is 6.07 Å². The predicted octanol–water partition coefficient (Wildman–Crippen LogP) is 2.72. The van der Waals surface area contributed by atoms with Gasteiger partial charge in [0.25, 0.3) is 0 Å². The highest BCUT2D eigenvalue weighted by atomic mass is 19.1. The van der Waals surface area contributed by atoms with Gasteiger partial charge in [0.05, 0.1) is 7.11 Å². The summed E-state index contributed by atoms with van der Waals surface area (Å²) < 4.78 is 30.9. The van der Waals surface area contributed by atoms with Gasteiger partial charge >= 0.3 is 0 Å². The molecule has 3 rings (SSSR count). The molecule has 5 heteroatoms. The summed E-state index contributed by atoms with van der Waals surface area (Å²) in [6, 6.07) is 1.55. The first kappa shape index (κ1) is 13.5. The number of ether oxygens (including phenoxy) is 3. The first-order valence-corrected chi connectivity index (χ1v) is 7.08. The van der Waals surface area contributed by atoms with E-state index in [0.29, 0.717) is 23.6 Å². The summed E-state index contributed by atoms with van der Waals surface area (Å²) in [6.45, 7) is 0.530. The molecule has 2 N–H and O–H groups in total. The molecular formula is C15H20FNO3. The Bertz CT molecular complexity index is 512. The predicted molar refractivity (Wildman–Crippen MR) is 72.9 cm³/mol. The third-order valence-corrected chi connectivity index (χ3v) is 4.52. The first-order valence-electron chi connectivity index (χ1n) is 7.08. The lowest BCUT2D eigenvalue weighted by Crippen LogP contribution is -2.38. The average molecular weight is 281 g/mol. The molecule has 0 radical (unpaired) electrons. The lowest BCUT2D eigenvalue weighted by atomic mass is 9.69. The third-order valence-electron chi connectivity index (χ3n) is 4.52.